The third-order valence-corrected chi connectivity index (χ3v) is 5.76. The van der Waals surface area contributed by atoms with E-state index in [4.69, 9.17) is 0 Å². The van der Waals surface area contributed by atoms with Gasteiger partial charge in [-0.05, 0) is 49.6 Å². The van der Waals surface area contributed by atoms with Crippen LogP contribution in [0, 0.1) is 0 Å². The van der Waals surface area contributed by atoms with E-state index >= 15 is 0 Å². The summed E-state index contributed by atoms with van der Waals surface area (Å²) in [5.74, 6) is 1.36. The van der Waals surface area contributed by atoms with Gasteiger partial charge in [0.2, 0.25) is 5.91 Å². The number of piperidine rings is 1. The molecule has 0 spiro atoms. The molecule has 0 aliphatic carbocycles. The van der Waals surface area contributed by atoms with Crippen molar-refractivity contribution in [2.24, 2.45) is 0 Å². The monoisotopic (exact) mass is 346 g/mol. The molecule has 2 fully saturated rings. The van der Waals surface area contributed by atoms with Gasteiger partial charge in [0.25, 0.3) is 5.91 Å². The lowest BCUT2D eigenvalue weighted by Gasteiger charge is -2.38. The maximum atomic E-state index is 13.0. The number of amides is 2. The van der Waals surface area contributed by atoms with Gasteiger partial charge in [0.15, 0.2) is 0 Å². The summed E-state index contributed by atoms with van der Waals surface area (Å²) in [7, 11) is 0. The number of carbonyl (C=O) groups is 2. The van der Waals surface area contributed by atoms with Crippen molar-refractivity contribution in [1.29, 1.82) is 0 Å². The van der Waals surface area contributed by atoms with Crippen molar-refractivity contribution < 1.29 is 9.59 Å². The first-order valence-electron chi connectivity index (χ1n) is 9.00. The largest absolute Gasteiger partial charge is 0.341 e. The van der Waals surface area contributed by atoms with Crippen molar-refractivity contribution >= 4 is 23.6 Å². The van der Waals surface area contributed by atoms with Gasteiger partial charge in [0.05, 0.1) is 0 Å². The molecule has 2 amide bonds. The number of likely N-dealkylation sites (tertiary alicyclic amines) is 2. The highest BCUT2D eigenvalue weighted by Crippen LogP contribution is 2.24. The van der Waals surface area contributed by atoms with Crippen LogP contribution in [0.5, 0.6) is 0 Å². The quantitative estimate of drug-likeness (QED) is 0.767. The molecule has 0 bridgehead atoms. The van der Waals surface area contributed by atoms with E-state index < -0.39 is 0 Å². The molecule has 2 aliphatic heterocycles. The highest BCUT2D eigenvalue weighted by atomic mass is 32.2. The topological polar surface area (TPSA) is 40.6 Å². The van der Waals surface area contributed by atoms with Crippen LogP contribution in [0.1, 0.15) is 49.4 Å². The van der Waals surface area contributed by atoms with E-state index in [0.29, 0.717) is 13.0 Å². The molecule has 0 aromatic heterocycles. The Morgan fingerprint density at radius 1 is 1.25 bits per heavy atom. The normalized spacial score (nSPS) is 21.4. The minimum absolute atomic E-state index is 0.116. The van der Waals surface area contributed by atoms with Crippen LogP contribution in [0.3, 0.4) is 0 Å². The highest BCUT2D eigenvalue weighted by Gasteiger charge is 2.31. The first kappa shape index (κ1) is 17.3. The van der Waals surface area contributed by atoms with E-state index in [0.717, 1.165) is 55.0 Å². The smallest absolute Gasteiger partial charge is 0.254 e. The summed E-state index contributed by atoms with van der Waals surface area (Å²) in [6.45, 7) is 4.47. The predicted octanol–water partition coefficient (Wildman–Crippen LogP) is 3.42. The Bertz CT molecular complexity index is 605. The van der Waals surface area contributed by atoms with Gasteiger partial charge >= 0.3 is 0 Å². The summed E-state index contributed by atoms with van der Waals surface area (Å²) < 4.78 is 0. The van der Waals surface area contributed by atoms with Crippen LogP contribution in [0.2, 0.25) is 0 Å². The standard InChI is InChI=1S/C19H26N2O2S/c1-2-24-17-9-5-7-15(13-17)19(23)21-12-4-3-8-16(21)14-20-11-6-10-18(20)22/h5,7,9,13,16H,2-4,6,8,10-12,14H2,1H3. The van der Waals surface area contributed by atoms with E-state index in [-0.39, 0.29) is 17.9 Å². The number of hydrogen-bond donors (Lipinski definition) is 0. The fraction of sp³-hybridized carbons (Fsp3) is 0.579. The minimum atomic E-state index is 0.116. The van der Waals surface area contributed by atoms with E-state index in [1.807, 2.05) is 28.0 Å². The molecular formula is C19H26N2O2S. The molecule has 1 aromatic carbocycles. The second kappa shape index (κ2) is 8.06. The van der Waals surface area contributed by atoms with Crippen LogP contribution in [0.25, 0.3) is 0 Å². The molecule has 1 unspecified atom stereocenters. The number of benzene rings is 1. The van der Waals surface area contributed by atoms with Crippen molar-refractivity contribution in [1.82, 2.24) is 9.80 Å². The predicted molar refractivity (Wildman–Crippen MR) is 97.3 cm³/mol. The Kier molecular flexibility index (Phi) is 5.82. The lowest BCUT2D eigenvalue weighted by molar-refractivity contribution is -0.128. The van der Waals surface area contributed by atoms with Crippen LogP contribution in [-0.4, -0.2) is 53.0 Å². The number of rotatable bonds is 5. The zero-order valence-electron chi connectivity index (χ0n) is 14.4. The van der Waals surface area contributed by atoms with Gasteiger partial charge in [-0.1, -0.05) is 13.0 Å². The third kappa shape index (κ3) is 3.94. The second-order valence-corrected chi connectivity index (χ2v) is 7.89. The van der Waals surface area contributed by atoms with Gasteiger partial charge in [0, 0.05) is 42.6 Å². The van der Waals surface area contributed by atoms with Crippen molar-refractivity contribution in [3.8, 4) is 0 Å². The van der Waals surface area contributed by atoms with Gasteiger partial charge in [-0.25, -0.2) is 0 Å². The number of thioether (sulfide) groups is 1. The molecule has 1 atom stereocenters. The summed E-state index contributed by atoms with van der Waals surface area (Å²) in [6, 6.07) is 8.10. The maximum absolute atomic E-state index is 13.0. The molecule has 130 valence electrons. The van der Waals surface area contributed by atoms with Gasteiger partial charge in [-0.15, -0.1) is 11.8 Å². The lowest BCUT2D eigenvalue weighted by Crippen LogP contribution is -2.49. The number of nitrogens with zero attached hydrogens (tertiary/aromatic N) is 2. The summed E-state index contributed by atoms with van der Waals surface area (Å²) >= 11 is 1.76. The summed E-state index contributed by atoms with van der Waals surface area (Å²) in [5, 5.41) is 0. The number of carbonyl (C=O) groups excluding carboxylic acids is 2. The molecule has 2 saturated heterocycles. The fourth-order valence-electron chi connectivity index (χ4n) is 3.66. The van der Waals surface area contributed by atoms with E-state index in [1.54, 1.807) is 11.8 Å². The lowest BCUT2D eigenvalue weighted by atomic mass is 10.00. The molecular weight excluding hydrogens is 320 g/mol. The van der Waals surface area contributed by atoms with Crippen molar-refractivity contribution in [3.63, 3.8) is 0 Å². The first-order valence-corrected chi connectivity index (χ1v) is 9.99. The van der Waals surface area contributed by atoms with Crippen LogP contribution in [0.15, 0.2) is 29.2 Å². The van der Waals surface area contributed by atoms with Gasteiger partial charge in [-0.2, -0.15) is 0 Å². The average Bonchev–Trinajstić information content (AvgIpc) is 3.00. The van der Waals surface area contributed by atoms with Gasteiger partial charge in [0.1, 0.15) is 0 Å². The Labute approximate surface area is 148 Å². The molecule has 0 saturated carbocycles. The van der Waals surface area contributed by atoms with Gasteiger partial charge < -0.3 is 9.80 Å². The van der Waals surface area contributed by atoms with Crippen molar-refractivity contribution in [2.75, 3.05) is 25.4 Å². The molecule has 24 heavy (non-hydrogen) atoms. The average molecular weight is 346 g/mol. The molecule has 0 radical (unpaired) electrons. The number of hydrogen-bond acceptors (Lipinski definition) is 3. The SMILES string of the molecule is CCSc1cccc(C(=O)N2CCCCC2CN2CCCC2=O)c1. The Morgan fingerprint density at radius 3 is 2.88 bits per heavy atom. The van der Waals surface area contributed by atoms with Crippen molar-refractivity contribution in [3.05, 3.63) is 29.8 Å². The van der Waals surface area contributed by atoms with Crippen LogP contribution in [0.4, 0.5) is 0 Å². The molecule has 5 heteroatoms. The van der Waals surface area contributed by atoms with E-state index in [2.05, 4.69) is 13.0 Å². The maximum Gasteiger partial charge on any atom is 0.254 e. The molecule has 0 N–H and O–H groups in total. The summed E-state index contributed by atoms with van der Waals surface area (Å²) in [6.07, 6.45) is 4.81. The highest BCUT2D eigenvalue weighted by molar-refractivity contribution is 7.99. The van der Waals surface area contributed by atoms with E-state index in [1.165, 1.54) is 0 Å². The first-order chi connectivity index (χ1) is 11.7. The van der Waals surface area contributed by atoms with Crippen LogP contribution >= 0.6 is 11.8 Å². The zero-order valence-corrected chi connectivity index (χ0v) is 15.2. The molecule has 2 aliphatic rings. The Morgan fingerprint density at radius 2 is 2.12 bits per heavy atom. The fourth-order valence-corrected chi connectivity index (χ4v) is 4.38. The Balaban J connectivity index is 1.73. The zero-order chi connectivity index (χ0) is 16.9. The molecule has 4 nitrogen and oxygen atoms in total. The third-order valence-electron chi connectivity index (χ3n) is 4.88. The van der Waals surface area contributed by atoms with Gasteiger partial charge in [-0.3, -0.25) is 9.59 Å². The second-order valence-electron chi connectivity index (χ2n) is 6.55. The minimum Gasteiger partial charge on any atom is -0.341 e. The summed E-state index contributed by atoms with van der Waals surface area (Å²) in [5.41, 5.74) is 0.771. The van der Waals surface area contributed by atoms with Crippen LogP contribution in [-0.2, 0) is 4.79 Å². The molecule has 3 rings (SSSR count). The van der Waals surface area contributed by atoms with Crippen LogP contribution < -0.4 is 0 Å². The molecule has 1 aromatic rings. The summed E-state index contributed by atoms with van der Waals surface area (Å²) in [4.78, 5) is 30.1. The molecule has 2 heterocycles. The Hall–Kier alpha value is -1.49. The van der Waals surface area contributed by atoms with E-state index in [9.17, 15) is 9.59 Å². The van der Waals surface area contributed by atoms with Crippen molar-refractivity contribution in [2.45, 2.75) is 50.0 Å².